The van der Waals surface area contributed by atoms with Crippen molar-refractivity contribution in [1.82, 2.24) is 10.6 Å². The number of amides is 1. The van der Waals surface area contributed by atoms with E-state index >= 15 is 0 Å². The second-order valence-electron chi connectivity index (χ2n) is 4.85. The van der Waals surface area contributed by atoms with Crippen molar-refractivity contribution < 1.29 is 13.9 Å². The Morgan fingerprint density at radius 1 is 1.62 bits per heavy atom. The zero-order valence-corrected chi connectivity index (χ0v) is 13.3. The van der Waals surface area contributed by atoms with Crippen molar-refractivity contribution in [1.29, 1.82) is 0 Å². The van der Waals surface area contributed by atoms with Gasteiger partial charge >= 0.3 is 0 Å². The van der Waals surface area contributed by atoms with Gasteiger partial charge in [0.05, 0.1) is 19.3 Å². The lowest BCUT2D eigenvalue weighted by Crippen LogP contribution is -2.44. The first-order chi connectivity index (χ1) is 9.58. The molecule has 2 rings (SSSR count). The van der Waals surface area contributed by atoms with Crippen molar-refractivity contribution in [2.45, 2.75) is 25.4 Å². The quantitative estimate of drug-likeness (QED) is 0.887. The predicted molar refractivity (Wildman–Crippen MR) is 82.4 cm³/mol. The molecule has 0 spiro atoms. The van der Waals surface area contributed by atoms with Crippen LogP contribution in [0.3, 0.4) is 0 Å². The fourth-order valence-electron chi connectivity index (χ4n) is 2.27. The summed E-state index contributed by atoms with van der Waals surface area (Å²) in [6.07, 6.45) is 0.302. The average Bonchev–Trinajstić information content (AvgIpc) is 2.39. The van der Waals surface area contributed by atoms with Crippen LogP contribution in [0.25, 0.3) is 0 Å². The summed E-state index contributed by atoms with van der Waals surface area (Å²) in [4.78, 5) is 11.9. The van der Waals surface area contributed by atoms with E-state index in [9.17, 15) is 9.18 Å². The molecule has 2 N–H and O–H groups in total. The van der Waals surface area contributed by atoms with E-state index < -0.39 is 11.9 Å². The molecule has 0 bridgehead atoms. The Hall–Kier alpha value is -0.880. The summed E-state index contributed by atoms with van der Waals surface area (Å²) >= 11 is 5.98. The molecule has 2 atom stereocenters. The Bertz CT molecular complexity index is 462. The molecule has 1 aromatic rings. The van der Waals surface area contributed by atoms with Crippen LogP contribution in [0.4, 0.5) is 4.39 Å². The topological polar surface area (TPSA) is 50.4 Å². The van der Waals surface area contributed by atoms with Crippen LogP contribution >= 0.6 is 24.0 Å². The minimum atomic E-state index is -0.472. The summed E-state index contributed by atoms with van der Waals surface area (Å²) < 4.78 is 19.0. The highest BCUT2D eigenvalue weighted by Crippen LogP contribution is 2.25. The van der Waals surface area contributed by atoms with E-state index in [0.29, 0.717) is 30.2 Å². The van der Waals surface area contributed by atoms with Gasteiger partial charge < -0.3 is 15.4 Å². The van der Waals surface area contributed by atoms with E-state index in [1.54, 1.807) is 19.1 Å². The molecule has 1 aromatic carbocycles. The molecule has 7 heteroatoms. The maximum atomic E-state index is 13.7. The van der Waals surface area contributed by atoms with Crippen LogP contribution in [0.15, 0.2) is 18.2 Å². The number of carbonyl (C=O) groups excluding carboxylic acids is 1. The number of morpholine rings is 1. The minimum Gasteiger partial charge on any atom is -0.378 e. The lowest BCUT2D eigenvalue weighted by atomic mass is 10.1. The second-order valence-corrected chi connectivity index (χ2v) is 5.26. The number of nitrogens with one attached hydrogen (secondary N) is 2. The van der Waals surface area contributed by atoms with Gasteiger partial charge in [-0.1, -0.05) is 17.7 Å². The van der Waals surface area contributed by atoms with E-state index in [1.165, 1.54) is 6.07 Å². The maximum Gasteiger partial charge on any atom is 0.222 e. The number of halogens is 3. The molecule has 1 saturated heterocycles. The Labute approximate surface area is 134 Å². The summed E-state index contributed by atoms with van der Waals surface area (Å²) in [5.41, 5.74) is 0.315. The van der Waals surface area contributed by atoms with E-state index in [2.05, 4.69) is 10.6 Å². The van der Waals surface area contributed by atoms with Crippen molar-refractivity contribution in [2.24, 2.45) is 0 Å². The van der Waals surface area contributed by atoms with Crippen LogP contribution in [0.5, 0.6) is 0 Å². The van der Waals surface area contributed by atoms with E-state index in [-0.39, 0.29) is 24.4 Å². The number of hydrogen-bond acceptors (Lipinski definition) is 3. The third-order valence-corrected chi connectivity index (χ3v) is 3.57. The van der Waals surface area contributed by atoms with Gasteiger partial charge in [0.15, 0.2) is 0 Å². The van der Waals surface area contributed by atoms with E-state index in [1.807, 2.05) is 0 Å². The van der Waals surface area contributed by atoms with Crippen LogP contribution in [-0.2, 0) is 9.53 Å². The zero-order chi connectivity index (χ0) is 14.5. The highest BCUT2D eigenvalue weighted by Gasteiger charge is 2.20. The van der Waals surface area contributed by atoms with Gasteiger partial charge in [-0.2, -0.15) is 0 Å². The summed E-state index contributed by atoms with van der Waals surface area (Å²) in [5, 5.41) is 6.28. The molecule has 4 nitrogen and oxygen atoms in total. The first-order valence-corrected chi connectivity index (χ1v) is 7.00. The van der Waals surface area contributed by atoms with Gasteiger partial charge in [0.25, 0.3) is 0 Å². The molecule has 21 heavy (non-hydrogen) atoms. The third-order valence-electron chi connectivity index (χ3n) is 3.24. The third kappa shape index (κ3) is 5.11. The highest BCUT2D eigenvalue weighted by atomic mass is 35.5. The van der Waals surface area contributed by atoms with E-state index in [4.69, 9.17) is 16.3 Å². The van der Waals surface area contributed by atoms with Gasteiger partial charge in [0.2, 0.25) is 5.91 Å². The molecular formula is C14H19Cl2FN2O2. The summed E-state index contributed by atoms with van der Waals surface area (Å²) in [6.45, 7) is 3.64. The molecule has 118 valence electrons. The van der Waals surface area contributed by atoms with Gasteiger partial charge in [0.1, 0.15) is 5.82 Å². The molecule has 1 amide bonds. The maximum absolute atomic E-state index is 13.7. The van der Waals surface area contributed by atoms with Gasteiger partial charge in [-0.25, -0.2) is 4.39 Å². The SMILES string of the molecule is CC(NC(=O)CC1COCCN1)c1c(F)cccc1Cl.Cl. The Morgan fingerprint density at radius 3 is 3.00 bits per heavy atom. The van der Waals surface area contributed by atoms with Crippen LogP contribution in [0.2, 0.25) is 5.02 Å². The molecule has 1 aliphatic heterocycles. The fourth-order valence-corrected chi connectivity index (χ4v) is 2.60. The lowest BCUT2D eigenvalue weighted by Gasteiger charge is -2.24. The Kier molecular flexibility index (Phi) is 7.39. The first kappa shape index (κ1) is 18.2. The van der Waals surface area contributed by atoms with Crippen molar-refractivity contribution in [2.75, 3.05) is 19.8 Å². The molecule has 1 aliphatic rings. The molecule has 2 unspecified atom stereocenters. The highest BCUT2D eigenvalue weighted by molar-refractivity contribution is 6.31. The lowest BCUT2D eigenvalue weighted by molar-refractivity contribution is -0.122. The molecular weight excluding hydrogens is 318 g/mol. The average molecular weight is 337 g/mol. The number of hydrogen-bond donors (Lipinski definition) is 2. The van der Waals surface area contributed by atoms with Crippen molar-refractivity contribution >= 4 is 29.9 Å². The first-order valence-electron chi connectivity index (χ1n) is 6.62. The molecule has 1 fully saturated rings. The fraction of sp³-hybridized carbons (Fsp3) is 0.500. The summed E-state index contributed by atoms with van der Waals surface area (Å²) in [6, 6.07) is 4.02. The summed E-state index contributed by atoms with van der Waals surface area (Å²) in [7, 11) is 0. The number of ether oxygens (including phenoxy) is 1. The number of benzene rings is 1. The minimum absolute atomic E-state index is 0. The molecule has 0 radical (unpaired) electrons. The summed E-state index contributed by atoms with van der Waals surface area (Å²) in [5.74, 6) is -0.566. The Balaban J connectivity index is 0.00000220. The van der Waals surface area contributed by atoms with Gasteiger partial charge in [-0.15, -0.1) is 12.4 Å². The molecule has 0 aliphatic carbocycles. The van der Waals surface area contributed by atoms with Crippen molar-refractivity contribution in [3.05, 3.63) is 34.6 Å². The molecule has 1 heterocycles. The van der Waals surface area contributed by atoms with Gasteiger partial charge in [-0.05, 0) is 19.1 Å². The predicted octanol–water partition coefficient (Wildman–Crippen LogP) is 2.46. The van der Waals surface area contributed by atoms with Crippen molar-refractivity contribution in [3.8, 4) is 0 Å². The van der Waals surface area contributed by atoms with Crippen LogP contribution in [-0.4, -0.2) is 31.7 Å². The van der Waals surface area contributed by atoms with Crippen LogP contribution < -0.4 is 10.6 Å². The van der Waals surface area contributed by atoms with E-state index in [0.717, 1.165) is 6.54 Å². The van der Waals surface area contributed by atoms with Crippen molar-refractivity contribution in [3.63, 3.8) is 0 Å². The number of carbonyl (C=O) groups is 1. The molecule has 0 aromatic heterocycles. The molecule has 0 saturated carbocycles. The standard InChI is InChI=1S/C14H18ClFN2O2.ClH/c1-9(14-11(15)3-2-4-12(14)16)18-13(19)7-10-8-20-6-5-17-10;/h2-4,9-10,17H,5-8H2,1H3,(H,18,19);1H. The monoisotopic (exact) mass is 336 g/mol. The normalized spacial score (nSPS) is 19.5. The largest absolute Gasteiger partial charge is 0.378 e. The zero-order valence-electron chi connectivity index (χ0n) is 11.7. The van der Waals surface area contributed by atoms with Crippen LogP contribution in [0.1, 0.15) is 24.9 Å². The van der Waals surface area contributed by atoms with Gasteiger partial charge in [0, 0.05) is 29.6 Å². The van der Waals surface area contributed by atoms with Crippen LogP contribution in [0, 0.1) is 5.82 Å². The smallest absolute Gasteiger partial charge is 0.222 e. The van der Waals surface area contributed by atoms with Gasteiger partial charge in [-0.3, -0.25) is 4.79 Å². The second kappa shape index (κ2) is 8.54. The number of rotatable bonds is 4. The Morgan fingerprint density at radius 2 is 2.38 bits per heavy atom.